The highest BCUT2D eigenvalue weighted by atomic mass is 35.5. The molecular weight excluding hydrogens is 365 g/mol. The molecule has 0 atom stereocenters. The van der Waals surface area contributed by atoms with Crippen LogP contribution in [0, 0.1) is 5.82 Å². The Labute approximate surface area is 161 Å². The number of pyridine rings is 1. The van der Waals surface area contributed by atoms with Crippen molar-refractivity contribution in [3.63, 3.8) is 0 Å². The Morgan fingerprint density at radius 2 is 1.70 bits per heavy atom. The highest BCUT2D eigenvalue weighted by molar-refractivity contribution is 6.31. The van der Waals surface area contributed by atoms with E-state index in [1.165, 1.54) is 29.3 Å². The number of aromatic nitrogens is 1. The summed E-state index contributed by atoms with van der Waals surface area (Å²) in [5.41, 5.74) is 3.42. The molecule has 1 amide bonds. The molecule has 6 heteroatoms. The fourth-order valence-corrected chi connectivity index (χ4v) is 3.49. The average molecular weight is 382 g/mol. The summed E-state index contributed by atoms with van der Waals surface area (Å²) in [5, 5.41) is 6.46. The van der Waals surface area contributed by atoms with Crippen molar-refractivity contribution < 1.29 is 9.18 Å². The summed E-state index contributed by atoms with van der Waals surface area (Å²) in [5.74, 6) is -0.163. The van der Waals surface area contributed by atoms with Crippen LogP contribution in [0.5, 0.6) is 0 Å². The van der Waals surface area contributed by atoms with Crippen molar-refractivity contribution in [1.82, 2.24) is 10.3 Å². The fraction of sp³-hybridized carbons (Fsp3) is 0.143. The van der Waals surface area contributed by atoms with Crippen molar-refractivity contribution in [1.29, 1.82) is 0 Å². The molecule has 1 aromatic heterocycles. The zero-order chi connectivity index (χ0) is 18.8. The van der Waals surface area contributed by atoms with E-state index in [1.807, 2.05) is 12.1 Å². The zero-order valence-electron chi connectivity index (χ0n) is 14.4. The molecule has 0 saturated heterocycles. The monoisotopic (exact) mass is 381 g/mol. The molecule has 0 saturated carbocycles. The minimum Gasteiger partial charge on any atom is -0.347 e. The van der Waals surface area contributed by atoms with Gasteiger partial charge in [0.1, 0.15) is 17.3 Å². The molecule has 0 bridgehead atoms. The highest BCUT2D eigenvalue weighted by Crippen LogP contribution is 2.23. The van der Waals surface area contributed by atoms with E-state index < -0.39 is 0 Å². The molecule has 1 heterocycles. The van der Waals surface area contributed by atoms with Gasteiger partial charge in [-0.3, -0.25) is 4.79 Å². The predicted octanol–water partition coefficient (Wildman–Crippen LogP) is 4.51. The Hall–Kier alpha value is -2.92. The quantitative estimate of drug-likeness (QED) is 0.698. The lowest BCUT2D eigenvalue weighted by atomic mass is 10.1. The number of nitrogens with zero attached hydrogens (tertiary/aromatic N) is 1. The normalized spacial score (nSPS) is 13.3. The number of halogens is 2. The number of fused-ring (bicyclic) bond motifs is 1. The molecule has 0 radical (unpaired) electrons. The lowest BCUT2D eigenvalue weighted by Gasteiger charge is -2.13. The molecule has 27 heavy (non-hydrogen) atoms. The summed E-state index contributed by atoms with van der Waals surface area (Å²) < 4.78 is 13.0. The maximum atomic E-state index is 13.0. The van der Waals surface area contributed by atoms with E-state index >= 15 is 0 Å². The number of hydrogen-bond donors (Lipinski definition) is 2. The lowest BCUT2D eigenvalue weighted by Crippen LogP contribution is -2.35. The second kappa shape index (κ2) is 7.37. The van der Waals surface area contributed by atoms with E-state index in [0.29, 0.717) is 16.5 Å². The molecule has 1 aliphatic rings. The van der Waals surface area contributed by atoms with Crippen LogP contribution >= 0.6 is 11.6 Å². The number of carbonyl (C=O) groups excluding carboxylic acids is 1. The SMILES string of the molecule is O=C(NC1Cc2ccccc2C1)c1cc(Cl)cc(Nc2ccc(F)cc2)n1. The summed E-state index contributed by atoms with van der Waals surface area (Å²) in [6.07, 6.45) is 1.62. The fourth-order valence-electron chi connectivity index (χ4n) is 3.28. The van der Waals surface area contributed by atoms with Gasteiger partial charge in [0.25, 0.3) is 5.91 Å². The maximum absolute atomic E-state index is 13.0. The van der Waals surface area contributed by atoms with Gasteiger partial charge in [0.2, 0.25) is 0 Å². The van der Waals surface area contributed by atoms with Gasteiger partial charge in [-0.25, -0.2) is 9.37 Å². The van der Waals surface area contributed by atoms with Crippen molar-refractivity contribution >= 4 is 29.0 Å². The number of carbonyl (C=O) groups is 1. The Kier molecular flexibility index (Phi) is 4.77. The molecule has 0 unspecified atom stereocenters. The van der Waals surface area contributed by atoms with Gasteiger partial charge >= 0.3 is 0 Å². The largest absolute Gasteiger partial charge is 0.347 e. The van der Waals surface area contributed by atoms with Gasteiger partial charge in [0, 0.05) is 16.8 Å². The van der Waals surface area contributed by atoms with E-state index in [9.17, 15) is 9.18 Å². The summed E-state index contributed by atoms with van der Waals surface area (Å²) >= 11 is 6.16. The van der Waals surface area contributed by atoms with Crippen LogP contribution in [-0.2, 0) is 12.8 Å². The molecule has 0 aliphatic heterocycles. The van der Waals surface area contributed by atoms with Gasteiger partial charge in [-0.2, -0.15) is 0 Å². The highest BCUT2D eigenvalue weighted by Gasteiger charge is 2.23. The second-order valence-electron chi connectivity index (χ2n) is 6.54. The number of rotatable bonds is 4. The van der Waals surface area contributed by atoms with Crippen LogP contribution in [0.4, 0.5) is 15.9 Å². The number of hydrogen-bond acceptors (Lipinski definition) is 3. The minimum absolute atomic E-state index is 0.0455. The predicted molar refractivity (Wildman–Crippen MR) is 104 cm³/mol. The van der Waals surface area contributed by atoms with E-state index in [-0.39, 0.29) is 23.5 Å². The third kappa shape index (κ3) is 4.09. The van der Waals surface area contributed by atoms with Crippen molar-refractivity contribution in [3.05, 3.63) is 88.3 Å². The lowest BCUT2D eigenvalue weighted by molar-refractivity contribution is 0.0933. The van der Waals surface area contributed by atoms with Crippen molar-refractivity contribution in [2.75, 3.05) is 5.32 Å². The van der Waals surface area contributed by atoms with Gasteiger partial charge < -0.3 is 10.6 Å². The first-order valence-corrected chi connectivity index (χ1v) is 9.02. The smallest absolute Gasteiger partial charge is 0.270 e. The Morgan fingerprint density at radius 1 is 1.04 bits per heavy atom. The van der Waals surface area contributed by atoms with E-state index in [2.05, 4.69) is 27.8 Å². The molecule has 0 fully saturated rings. The summed E-state index contributed by atoms with van der Waals surface area (Å²) in [4.78, 5) is 17.0. The molecule has 1 aliphatic carbocycles. The summed E-state index contributed by atoms with van der Waals surface area (Å²) in [6, 6.07) is 17.3. The summed E-state index contributed by atoms with van der Waals surface area (Å²) in [7, 11) is 0. The van der Waals surface area contributed by atoms with Gasteiger partial charge in [0.05, 0.1) is 0 Å². The van der Waals surface area contributed by atoms with Crippen LogP contribution in [0.15, 0.2) is 60.7 Å². The molecule has 2 N–H and O–H groups in total. The minimum atomic E-state index is -0.322. The molecule has 4 rings (SSSR count). The van der Waals surface area contributed by atoms with Crippen LogP contribution in [0.1, 0.15) is 21.6 Å². The number of anilines is 2. The van der Waals surface area contributed by atoms with Crippen molar-refractivity contribution in [2.24, 2.45) is 0 Å². The third-order valence-corrected chi connectivity index (χ3v) is 4.74. The van der Waals surface area contributed by atoms with Gasteiger partial charge in [-0.1, -0.05) is 35.9 Å². The van der Waals surface area contributed by atoms with E-state index in [4.69, 9.17) is 11.6 Å². The molecule has 136 valence electrons. The molecule has 0 spiro atoms. The molecule has 4 nitrogen and oxygen atoms in total. The first kappa shape index (κ1) is 17.5. The third-order valence-electron chi connectivity index (χ3n) is 4.53. The van der Waals surface area contributed by atoms with Crippen molar-refractivity contribution in [2.45, 2.75) is 18.9 Å². The van der Waals surface area contributed by atoms with Crippen LogP contribution in [0.2, 0.25) is 5.02 Å². The zero-order valence-corrected chi connectivity index (χ0v) is 15.1. The first-order chi connectivity index (χ1) is 13.1. The second-order valence-corrected chi connectivity index (χ2v) is 6.97. The standard InChI is InChI=1S/C21H17ClFN3O/c22-15-11-19(26-20(12-15)24-17-7-5-16(23)6-8-17)21(27)25-18-9-13-3-1-2-4-14(13)10-18/h1-8,11-12,18H,9-10H2,(H,24,26)(H,25,27). The van der Waals surface area contributed by atoms with Crippen LogP contribution in [0.25, 0.3) is 0 Å². The van der Waals surface area contributed by atoms with Gasteiger partial charge in [-0.05, 0) is 60.4 Å². The molecule has 2 aromatic carbocycles. The molecule has 3 aromatic rings. The Bertz CT molecular complexity index is 966. The van der Waals surface area contributed by atoms with Crippen LogP contribution in [0.3, 0.4) is 0 Å². The number of benzene rings is 2. The van der Waals surface area contributed by atoms with Gasteiger partial charge in [0.15, 0.2) is 0 Å². The Morgan fingerprint density at radius 3 is 2.37 bits per heavy atom. The number of nitrogens with one attached hydrogen (secondary N) is 2. The first-order valence-electron chi connectivity index (χ1n) is 8.64. The topological polar surface area (TPSA) is 54.0 Å². The van der Waals surface area contributed by atoms with E-state index in [1.54, 1.807) is 18.2 Å². The van der Waals surface area contributed by atoms with Crippen molar-refractivity contribution in [3.8, 4) is 0 Å². The molecular formula is C21H17ClFN3O. The van der Waals surface area contributed by atoms with Crippen LogP contribution in [-0.4, -0.2) is 16.9 Å². The van der Waals surface area contributed by atoms with Gasteiger partial charge in [-0.15, -0.1) is 0 Å². The average Bonchev–Trinajstić information content (AvgIpc) is 3.05. The number of amides is 1. The van der Waals surface area contributed by atoms with E-state index in [0.717, 1.165) is 12.8 Å². The summed E-state index contributed by atoms with van der Waals surface area (Å²) in [6.45, 7) is 0. The van der Waals surface area contributed by atoms with Crippen LogP contribution < -0.4 is 10.6 Å². The maximum Gasteiger partial charge on any atom is 0.270 e. The Balaban J connectivity index is 1.47.